The van der Waals surface area contributed by atoms with Gasteiger partial charge in [0, 0.05) is 32.2 Å². The Kier molecular flexibility index (Phi) is 10.5. The number of sulfonamides is 1. The molecule has 1 heterocycles. The van der Waals surface area contributed by atoms with Gasteiger partial charge in [0.15, 0.2) is 0 Å². The van der Waals surface area contributed by atoms with Crippen molar-refractivity contribution in [3.05, 3.63) is 60.2 Å². The molecule has 1 amide bonds. The zero-order valence-electron chi connectivity index (χ0n) is 25.0. The summed E-state index contributed by atoms with van der Waals surface area (Å²) in [5.41, 5.74) is 0.378. The minimum absolute atomic E-state index is 0.0437. The van der Waals surface area contributed by atoms with Gasteiger partial charge in [-0.15, -0.1) is 0 Å². The van der Waals surface area contributed by atoms with Crippen molar-refractivity contribution in [1.29, 1.82) is 0 Å². The Balaban J connectivity index is 1.57. The van der Waals surface area contributed by atoms with Crippen LogP contribution in [-0.2, 0) is 21.2 Å². The van der Waals surface area contributed by atoms with Gasteiger partial charge in [-0.05, 0) is 74.3 Å². The van der Waals surface area contributed by atoms with Gasteiger partial charge in [0.1, 0.15) is 5.75 Å². The molecule has 226 valence electrons. The van der Waals surface area contributed by atoms with Crippen LogP contribution in [-0.4, -0.2) is 79.6 Å². The third-order valence-electron chi connectivity index (χ3n) is 8.49. The summed E-state index contributed by atoms with van der Waals surface area (Å²) in [4.78, 5) is 15.9. The second kappa shape index (κ2) is 13.7. The van der Waals surface area contributed by atoms with E-state index in [2.05, 4.69) is 19.2 Å². The Morgan fingerprint density at radius 3 is 2.37 bits per heavy atom. The van der Waals surface area contributed by atoms with Crippen LogP contribution in [0.4, 0.5) is 0 Å². The summed E-state index contributed by atoms with van der Waals surface area (Å²) in [5, 5.41) is 15.0. The molecule has 2 aliphatic rings. The maximum Gasteiger partial charge on any atom is 0.243 e. The lowest BCUT2D eigenvalue weighted by molar-refractivity contribution is -0.147. The van der Waals surface area contributed by atoms with E-state index in [9.17, 15) is 18.3 Å². The molecule has 9 heteroatoms. The van der Waals surface area contributed by atoms with Gasteiger partial charge < -0.3 is 20.1 Å². The fourth-order valence-electron chi connectivity index (χ4n) is 6.46. The van der Waals surface area contributed by atoms with Crippen molar-refractivity contribution in [2.75, 3.05) is 33.3 Å². The number of amides is 1. The Morgan fingerprint density at radius 1 is 1.10 bits per heavy atom. The minimum Gasteiger partial charge on any atom is -0.497 e. The zero-order chi connectivity index (χ0) is 29.6. The van der Waals surface area contributed by atoms with Gasteiger partial charge in [-0.2, -0.15) is 4.31 Å². The number of aliphatic hydroxyl groups excluding tert-OH is 1. The molecule has 2 N–H and O–H groups in total. The van der Waals surface area contributed by atoms with Crippen molar-refractivity contribution in [2.45, 2.75) is 81.9 Å². The molecular weight excluding hydrogens is 538 g/mol. The molecule has 0 aromatic heterocycles. The molecule has 1 saturated carbocycles. The second-order valence-corrected chi connectivity index (χ2v) is 14.4. The van der Waals surface area contributed by atoms with E-state index in [1.165, 1.54) is 4.31 Å². The third kappa shape index (κ3) is 7.89. The number of nitrogens with zero attached hydrogens (tertiary/aromatic N) is 2. The summed E-state index contributed by atoms with van der Waals surface area (Å²) in [6, 6.07) is 16.3. The van der Waals surface area contributed by atoms with Crippen molar-refractivity contribution in [3.8, 4) is 5.75 Å². The van der Waals surface area contributed by atoms with Gasteiger partial charge in [-0.1, -0.05) is 57.0 Å². The Morgan fingerprint density at radius 2 is 1.76 bits per heavy atom. The molecule has 2 aromatic carbocycles. The maximum atomic E-state index is 14.0. The van der Waals surface area contributed by atoms with Crippen molar-refractivity contribution < 1.29 is 23.1 Å². The number of hydrogen-bond acceptors (Lipinski definition) is 6. The highest BCUT2D eigenvalue weighted by molar-refractivity contribution is 7.89. The molecule has 2 unspecified atom stereocenters. The minimum atomic E-state index is -3.86. The van der Waals surface area contributed by atoms with E-state index in [0.29, 0.717) is 37.6 Å². The molecule has 0 bridgehead atoms. The molecule has 41 heavy (non-hydrogen) atoms. The summed E-state index contributed by atoms with van der Waals surface area (Å²) < 4.78 is 34.3. The van der Waals surface area contributed by atoms with Crippen LogP contribution in [0.1, 0.15) is 58.4 Å². The van der Waals surface area contributed by atoms with Crippen LogP contribution in [0.5, 0.6) is 5.75 Å². The first kappa shape index (κ1) is 31.5. The van der Waals surface area contributed by atoms with Crippen LogP contribution in [0.2, 0.25) is 0 Å². The summed E-state index contributed by atoms with van der Waals surface area (Å²) in [5.74, 6) is 1.11. The number of carbonyl (C=O) groups excluding carboxylic acids is 1. The number of carbonyl (C=O) groups is 1. The lowest BCUT2D eigenvalue weighted by Crippen LogP contribution is -2.68. The quantitative estimate of drug-likeness (QED) is 0.368. The van der Waals surface area contributed by atoms with Crippen molar-refractivity contribution in [3.63, 3.8) is 0 Å². The maximum absolute atomic E-state index is 14.0. The Hall–Kier alpha value is -2.46. The predicted molar refractivity (Wildman–Crippen MR) is 161 cm³/mol. The average Bonchev–Trinajstić information content (AvgIpc) is 3.46. The first-order valence-electron chi connectivity index (χ1n) is 14.9. The Bertz CT molecular complexity index is 1230. The van der Waals surface area contributed by atoms with Crippen LogP contribution in [0.15, 0.2) is 59.5 Å². The molecule has 1 saturated heterocycles. The van der Waals surface area contributed by atoms with Gasteiger partial charge in [0.05, 0.1) is 23.6 Å². The highest BCUT2D eigenvalue weighted by Crippen LogP contribution is 2.30. The summed E-state index contributed by atoms with van der Waals surface area (Å²) in [6.45, 7) is 7.10. The number of ether oxygens (including phenoxy) is 1. The third-order valence-corrected chi connectivity index (χ3v) is 10.3. The van der Waals surface area contributed by atoms with Crippen LogP contribution in [0.3, 0.4) is 0 Å². The van der Waals surface area contributed by atoms with E-state index in [1.54, 1.807) is 36.3 Å². The number of methoxy groups -OCH3 is 1. The van der Waals surface area contributed by atoms with Crippen LogP contribution in [0, 0.1) is 11.8 Å². The van der Waals surface area contributed by atoms with Gasteiger partial charge in [-0.25, -0.2) is 8.42 Å². The molecule has 1 aliphatic carbocycles. The standard InChI is InChI=1S/C32H47N3O5S/c1-24(2)19-32(3)31(37)35(27(20-33-32)18-25-10-6-5-7-11-25)23-28(36)22-34(21-26-12-8-9-13-26)41(38,39)30-16-14-29(40-4)15-17-30/h5-7,10-11,14-17,24,26-28,33,36H,8-9,12-13,18-23H2,1-4H3/t27-,28?,32?/m0/s1. The fraction of sp³-hybridized carbons (Fsp3) is 0.594. The van der Waals surface area contributed by atoms with E-state index < -0.39 is 21.7 Å². The van der Waals surface area contributed by atoms with Crippen molar-refractivity contribution in [1.82, 2.24) is 14.5 Å². The summed E-state index contributed by atoms with van der Waals surface area (Å²) in [6.07, 6.45) is 4.44. The number of hydrogen-bond donors (Lipinski definition) is 2. The number of benzene rings is 2. The highest BCUT2D eigenvalue weighted by Gasteiger charge is 2.44. The molecule has 3 atom stereocenters. The van der Waals surface area contributed by atoms with Crippen molar-refractivity contribution >= 4 is 15.9 Å². The predicted octanol–water partition coefficient (Wildman–Crippen LogP) is 4.08. The first-order chi connectivity index (χ1) is 19.5. The molecule has 0 radical (unpaired) electrons. The first-order valence-corrected chi connectivity index (χ1v) is 16.4. The van der Waals surface area contributed by atoms with E-state index in [-0.39, 0.29) is 35.9 Å². The van der Waals surface area contributed by atoms with E-state index >= 15 is 0 Å². The van der Waals surface area contributed by atoms with Gasteiger partial charge in [0.25, 0.3) is 0 Å². The Labute approximate surface area is 246 Å². The monoisotopic (exact) mass is 585 g/mol. The van der Waals surface area contributed by atoms with Crippen LogP contribution >= 0.6 is 0 Å². The fourth-order valence-corrected chi connectivity index (χ4v) is 8.01. The van der Waals surface area contributed by atoms with Gasteiger partial charge in [-0.3, -0.25) is 4.79 Å². The van der Waals surface area contributed by atoms with E-state index in [0.717, 1.165) is 31.2 Å². The number of β-amino-alcohol motifs (C(OH)–C–C–N with tert-alkyl or cyclic N) is 1. The van der Waals surface area contributed by atoms with E-state index in [4.69, 9.17) is 4.74 Å². The molecule has 4 rings (SSSR count). The molecule has 0 spiro atoms. The zero-order valence-corrected chi connectivity index (χ0v) is 25.8. The van der Waals surface area contributed by atoms with Crippen molar-refractivity contribution in [2.24, 2.45) is 11.8 Å². The van der Waals surface area contributed by atoms with E-state index in [1.807, 2.05) is 37.3 Å². The summed E-state index contributed by atoms with van der Waals surface area (Å²) in [7, 11) is -2.32. The molecule has 2 fully saturated rings. The molecule has 8 nitrogen and oxygen atoms in total. The number of piperazine rings is 1. The largest absolute Gasteiger partial charge is 0.497 e. The molecule has 2 aromatic rings. The SMILES string of the molecule is COc1ccc(S(=O)(=O)N(CC(O)CN2C(=O)C(C)(CC(C)C)NC[C@@H]2Cc2ccccc2)CC2CCCC2)cc1. The van der Waals surface area contributed by atoms with Gasteiger partial charge in [0.2, 0.25) is 15.9 Å². The van der Waals surface area contributed by atoms with Crippen LogP contribution in [0.25, 0.3) is 0 Å². The highest BCUT2D eigenvalue weighted by atomic mass is 32.2. The normalized spacial score (nSPS) is 23.0. The molecule has 1 aliphatic heterocycles. The second-order valence-electron chi connectivity index (χ2n) is 12.4. The summed E-state index contributed by atoms with van der Waals surface area (Å²) >= 11 is 0. The average molecular weight is 586 g/mol. The number of nitrogens with one attached hydrogen (secondary N) is 1. The van der Waals surface area contributed by atoms with Crippen LogP contribution < -0.4 is 10.1 Å². The number of aliphatic hydroxyl groups is 1. The topological polar surface area (TPSA) is 99.2 Å². The number of rotatable bonds is 13. The lowest BCUT2D eigenvalue weighted by atomic mass is 9.85. The smallest absolute Gasteiger partial charge is 0.243 e. The lowest BCUT2D eigenvalue weighted by Gasteiger charge is -2.47. The van der Waals surface area contributed by atoms with Gasteiger partial charge >= 0.3 is 0 Å². The molecular formula is C32H47N3O5S.